The molecule has 3 rings (SSSR count). The van der Waals surface area contributed by atoms with Gasteiger partial charge in [0.15, 0.2) is 0 Å². The Kier molecular flexibility index (Phi) is 11.0. The smallest absolute Gasteiger partial charge is 0.257 e. The van der Waals surface area contributed by atoms with Crippen molar-refractivity contribution in [3.63, 3.8) is 0 Å². The molecule has 1 N–H and O–H groups in total. The summed E-state index contributed by atoms with van der Waals surface area (Å²) in [5.41, 5.74) is 1.97. The van der Waals surface area contributed by atoms with Crippen LogP contribution in [0.25, 0.3) is 0 Å². The van der Waals surface area contributed by atoms with Gasteiger partial charge in [-0.1, -0.05) is 27.7 Å². The van der Waals surface area contributed by atoms with Crippen LogP contribution in [0.1, 0.15) is 86.5 Å². The quantitative estimate of drug-likeness (QED) is 0.350. The number of hydrogen-bond donors (Lipinski definition) is 1. The first-order valence-corrected chi connectivity index (χ1v) is 16.6. The fourth-order valence-corrected chi connectivity index (χ4v) is 8.06. The number of nitrogens with zero attached hydrogens (tertiary/aromatic N) is 3. The second-order valence-corrected chi connectivity index (χ2v) is 14.6. The zero-order chi connectivity index (χ0) is 29.8. The van der Waals surface area contributed by atoms with E-state index in [1.54, 1.807) is 17.0 Å². The summed E-state index contributed by atoms with van der Waals surface area (Å²) < 4.78 is 28.3. The fraction of sp³-hybridized carbons (Fsp3) is 0.600. The lowest BCUT2D eigenvalue weighted by Gasteiger charge is -2.30. The van der Waals surface area contributed by atoms with Gasteiger partial charge in [0.2, 0.25) is 10.0 Å². The highest BCUT2D eigenvalue weighted by molar-refractivity contribution is 7.89. The lowest BCUT2D eigenvalue weighted by atomic mass is 10.0. The molecule has 1 aliphatic rings. The van der Waals surface area contributed by atoms with Gasteiger partial charge in [-0.25, -0.2) is 8.42 Å². The molecule has 1 aromatic carbocycles. The Bertz CT molecular complexity index is 1270. The van der Waals surface area contributed by atoms with Gasteiger partial charge in [0.05, 0.1) is 10.5 Å². The number of carbonyl (C=O) groups excluding carboxylic acids is 2. The van der Waals surface area contributed by atoms with Gasteiger partial charge in [-0.05, 0) is 75.8 Å². The van der Waals surface area contributed by atoms with Crippen LogP contribution in [0, 0.1) is 11.8 Å². The van der Waals surface area contributed by atoms with Crippen LogP contribution in [0.2, 0.25) is 0 Å². The molecule has 1 aliphatic heterocycles. The van der Waals surface area contributed by atoms with Crippen molar-refractivity contribution in [2.45, 2.75) is 79.3 Å². The van der Waals surface area contributed by atoms with Gasteiger partial charge in [0.25, 0.3) is 11.8 Å². The zero-order valence-corrected chi connectivity index (χ0v) is 26.9. The minimum absolute atomic E-state index is 0.0624. The molecule has 2 aromatic rings. The third kappa shape index (κ3) is 7.32. The van der Waals surface area contributed by atoms with Gasteiger partial charge in [-0.15, -0.1) is 11.3 Å². The number of anilines is 1. The molecule has 222 valence electrons. The molecule has 2 amide bonds. The predicted molar refractivity (Wildman–Crippen MR) is 164 cm³/mol. The summed E-state index contributed by atoms with van der Waals surface area (Å²) in [6, 6.07) is 6.48. The average molecular weight is 591 g/mol. The van der Waals surface area contributed by atoms with Crippen molar-refractivity contribution in [3.05, 3.63) is 45.8 Å². The molecule has 0 saturated carbocycles. The molecular formula is C30H46N4O4S2. The molecule has 0 unspecified atom stereocenters. The van der Waals surface area contributed by atoms with Gasteiger partial charge < -0.3 is 10.2 Å². The molecule has 1 aromatic heterocycles. The largest absolute Gasteiger partial charge is 0.339 e. The van der Waals surface area contributed by atoms with Crippen LogP contribution in [0.15, 0.2) is 29.2 Å². The number of sulfonamides is 1. The monoisotopic (exact) mass is 590 g/mol. The second-order valence-electron chi connectivity index (χ2n) is 11.6. The van der Waals surface area contributed by atoms with E-state index in [2.05, 4.69) is 24.1 Å². The molecule has 0 radical (unpaired) electrons. The predicted octanol–water partition coefficient (Wildman–Crippen LogP) is 5.55. The Hall–Kier alpha value is -2.27. The SMILES string of the molecule is CCN(CC)C(=O)c1c(NC(=O)c2ccc(S(=O)(=O)N(CC(C)C)CC(C)C)cc2)sc2c1CCN(C(C)C)C2. The van der Waals surface area contributed by atoms with Gasteiger partial charge in [-0.3, -0.25) is 14.5 Å². The molecular weight excluding hydrogens is 544 g/mol. The number of carbonyl (C=O) groups is 2. The maximum Gasteiger partial charge on any atom is 0.257 e. The number of amides is 2. The molecule has 8 nitrogen and oxygen atoms in total. The van der Waals surface area contributed by atoms with E-state index in [1.807, 2.05) is 41.5 Å². The lowest BCUT2D eigenvalue weighted by Crippen LogP contribution is -2.37. The first-order chi connectivity index (χ1) is 18.8. The maximum absolute atomic E-state index is 13.6. The Morgan fingerprint density at radius 2 is 1.55 bits per heavy atom. The Morgan fingerprint density at radius 3 is 2.05 bits per heavy atom. The van der Waals surface area contributed by atoms with Crippen molar-refractivity contribution in [3.8, 4) is 0 Å². The van der Waals surface area contributed by atoms with E-state index < -0.39 is 10.0 Å². The lowest BCUT2D eigenvalue weighted by molar-refractivity contribution is 0.0772. The minimum atomic E-state index is -3.69. The molecule has 10 heteroatoms. The summed E-state index contributed by atoms with van der Waals surface area (Å²) >= 11 is 1.47. The molecule has 0 aliphatic carbocycles. The third-order valence-electron chi connectivity index (χ3n) is 7.20. The molecule has 0 spiro atoms. The van der Waals surface area contributed by atoms with Gasteiger partial charge >= 0.3 is 0 Å². The second kappa shape index (κ2) is 13.6. The van der Waals surface area contributed by atoms with E-state index in [9.17, 15) is 18.0 Å². The Balaban J connectivity index is 1.90. The van der Waals surface area contributed by atoms with Crippen LogP contribution in [0.3, 0.4) is 0 Å². The first kappa shape index (κ1) is 32.2. The van der Waals surface area contributed by atoms with Crippen LogP contribution in [-0.2, 0) is 23.0 Å². The van der Waals surface area contributed by atoms with Crippen LogP contribution in [0.4, 0.5) is 5.00 Å². The van der Waals surface area contributed by atoms with Crippen molar-refractivity contribution in [2.24, 2.45) is 11.8 Å². The van der Waals surface area contributed by atoms with Gasteiger partial charge in [0, 0.05) is 55.8 Å². The highest BCUT2D eigenvalue weighted by Gasteiger charge is 2.31. The van der Waals surface area contributed by atoms with Crippen LogP contribution >= 0.6 is 11.3 Å². The highest BCUT2D eigenvalue weighted by atomic mass is 32.2. The van der Waals surface area contributed by atoms with Crippen molar-refractivity contribution in [1.82, 2.24) is 14.1 Å². The normalized spacial score (nSPS) is 14.3. The summed E-state index contributed by atoms with van der Waals surface area (Å²) in [6.45, 7) is 19.9. The van der Waals surface area contributed by atoms with E-state index in [0.717, 1.165) is 30.0 Å². The number of rotatable bonds is 12. The summed E-state index contributed by atoms with van der Waals surface area (Å²) in [7, 11) is -3.69. The number of nitrogens with one attached hydrogen (secondary N) is 1. The molecule has 40 heavy (non-hydrogen) atoms. The van der Waals surface area contributed by atoms with E-state index in [1.165, 1.54) is 27.8 Å². The molecule has 2 heterocycles. The highest BCUT2D eigenvalue weighted by Crippen LogP contribution is 2.38. The summed E-state index contributed by atoms with van der Waals surface area (Å²) in [6.07, 6.45) is 0.762. The van der Waals surface area contributed by atoms with E-state index >= 15 is 0 Å². The number of hydrogen-bond acceptors (Lipinski definition) is 6. The maximum atomic E-state index is 13.6. The van der Waals surface area contributed by atoms with E-state index in [0.29, 0.717) is 48.3 Å². The van der Waals surface area contributed by atoms with Crippen LogP contribution < -0.4 is 5.32 Å². The summed E-state index contributed by atoms with van der Waals surface area (Å²) in [4.78, 5) is 32.4. The number of benzene rings is 1. The molecule has 0 saturated heterocycles. The third-order valence-corrected chi connectivity index (χ3v) is 10.2. The molecule has 0 fully saturated rings. The number of thiophene rings is 1. The summed E-state index contributed by atoms with van der Waals surface area (Å²) in [5.74, 6) is -0.0437. The fourth-order valence-electron chi connectivity index (χ4n) is 5.04. The van der Waals surface area contributed by atoms with Crippen molar-refractivity contribution in [1.29, 1.82) is 0 Å². The standard InChI is InChI=1S/C30H46N4O4S2/c1-9-32(10-2)30(36)27-25-15-16-33(22(7)8)19-26(25)39-29(27)31-28(35)23-11-13-24(14-12-23)40(37,38)34(17-20(3)4)18-21(5)6/h11-14,20-22H,9-10,15-19H2,1-8H3,(H,31,35). The van der Waals surface area contributed by atoms with E-state index in [-0.39, 0.29) is 28.5 Å². The average Bonchev–Trinajstić information content (AvgIpc) is 3.25. The topological polar surface area (TPSA) is 90.0 Å². The van der Waals surface area contributed by atoms with Crippen LogP contribution in [0.5, 0.6) is 0 Å². The molecule has 0 atom stereocenters. The Labute approximate surface area is 244 Å². The number of fused-ring (bicyclic) bond motifs is 1. The van der Waals surface area contributed by atoms with Crippen LogP contribution in [-0.4, -0.2) is 73.1 Å². The van der Waals surface area contributed by atoms with E-state index in [4.69, 9.17) is 0 Å². The van der Waals surface area contributed by atoms with Crippen molar-refractivity contribution < 1.29 is 18.0 Å². The Morgan fingerprint density at radius 1 is 0.975 bits per heavy atom. The zero-order valence-electron chi connectivity index (χ0n) is 25.3. The van der Waals surface area contributed by atoms with Crippen molar-refractivity contribution >= 4 is 38.2 Å². The van der Waals surface area contributed by atoms with Crippen molar-refractivity contribution in [2.75, 3.05) is 38.0 Å². The first-order valence-electron chi connectivity index (χ1n) is 14.4. The summed E-state index contributed by atoms with van der Waals surface area (Å²) in [5, 5.41) is 3.56. The minimum Gasteiger partial charge on any atom is -0.339 e. The molecule has 0 bridgehead atoms. The van der Waals surface area contributed by atoms with Gasteiger partial charge in [0.1, 0.15) is 5.00 Å². The van der Waals surface area contributed by atoms with Gasteiger partial charge in [-0.2, -0.15) is 4.31 Å².